The van der Waals surface area contributed by atoms with Crippen LogP contribution in [0.5, 0.6) is 0 Å². The molecule has 1 fully saturated rings. The van der Waals surface area contributed by atoms with Gasteiger partial charge < -0.3 is 19.7 Å². The topological polar surface area (TPSA) is 66.3 Å². The van der Waals surface area contributed by atoms with Gasteiger partial charge in [-0.1, -0.05) is 30.3 Å². The van der Waals surface area contributed by atoms with E-state index in [-0.39, 0.29) is 18.1 Å². The second kappa shape index (κ2) is 7.00. The van der Waals surface area contributed by atoms with Gasteiger partial charge >= 0.3 is 6.03 Å². The number of piperazine rings is 1. The molecule has 1 aromatic heterocycles. The molecule has 0 bridgehead atoms. The molecular formula is C17H24N6O. The highest BCUT2D eigenvalue weighted by Crippen LogP contribution is 2.25. The number of likely N-dealkylation sites (N-methyl/N-ethyl adjacent to an activating group) is 1. The molecule has 0 radical (unpaired) electrons. The van der Waals surface area contributed by atoms with E-state index in [9.17, 15) is 4.79 Å². The standard InChI is InChI=1S/C17H24N6O/c1-13(16-20-18-12-22(16)3)19-17(24)23-10-9-21(2)11-15(23)14-7-5-4-6-8-14/h4-8,12-13,15H,9-11H2,1-3H3,(H,19,24). The SMILES string of the molecule is CC(NC(=O)N1CCN(C)CC1c1ccccc1)c1nncn1C. The van der Waals surface area contributed by atoms with Gasteiger partial charge in [-0.2, -0.15) is 0 Å². The summed E-state index contributed by atoms with van der Waals surface area (Å²) in [7, 11) is 3.97. The Bertz CT molecular complexity index is 685. The van der Waals surface area contributed by atoms with Crippen LogP contribution in [0, 0.1) is 0 Å². The van der Waals surface area contributed by atoms with Gasteiger partial charge in [-0.25, -0.2) is 4.79 Å². The molecule has 1 saturated heterocycles. The van der Waals surface area contributed by atoms with Gasteiger partial charge in [-0.05, 0) is 19.5 Å². The van der Waals surface area contributed by atoms with Crippen LogP contribution in [0.25, 0.3) is 0 Å². The van der Waals surface area contributed by atoms with E-state index in [0.717, 1.165) is 24.5 Å². The number of urea groups is 1. The minimum atomic E-state index is -0.193. The fourth-order valence-corrected chi connectivity index (χ4v) is 3.14. The number of carbonyl (C=O) groups is 1. The summed E-state index contributed by atoms with van der Waals surface area (Å²) in [6.07, 6.45) is 1.64. The molecule has 0 spiro atoms. The molecule has 2 amide bonds. The van der Waals surface area contributed by atoms with Crippen LogP contribution in [0.1, 0.15) is 30.4 Å². The lowest BCUT2D eigenvalue weighted by atomic mass is 10.0. The zero-order valence-electron chi connectivity index (χ0n) is 14.4. The number of carbonyl (C=O) groups excluding carboxylic acids is 1. The van der Waals surface area contributed by atoms with E-state index in [1.807, 2.05) is 41.6 Å². The van der Waals surface area contributed by atoms with Gasteiger partial charge in [0.2, 0.25) is 0 Å². The molecule has 128 valence electrons. The molecule has 2 unspecified atom stereocenters. The summed E-state index contributed by atoms with van der Waals surface area (Å²) in [5.74, 6) is 0.744. The van der Waals surface area contributed by atoms with Crippen LogP contribution >= 0.6 is 0 Å². The Morgan fingerprint density at radius 3 is 2.67 bits per heavy atom. The highest BCUT2D eigenvalue weighted by molar-refractivity contribution is 5.75. The van der Waals surface area contributed by atoms with E-state index >= 15 is 0 Å². The smallest absolute Gasteiger partial charge is 0.318 e. The van der Waals surface area contributed by atoms with Crippen LogP contribution in [0.4, 0.5) is 4.79 Å². The number of nitrogens with zero attached hydrogens (tertiary/aromatic N) is 5. The van der Waals surface area contributed by atoms with Crippen molar-refractivity contribution >= 4 is 6.03 Å². The summed E-state index contributed by atoms with van der Waals surface area (Å²) < 4.78 is 1.82. The lowest BCUT2D eigenvalue weighted by Crippen LogP contribution is -2.52. The Kier molecular flexibility index (Phi) is 4.80. The van der Waals surface area contributed by atoms with Crippen molar-refractivity contribution in [1.29, 1.82) is 0 Å². The third-order valence-corrected chi connectivity index (χ3v) is 4.50. The lowest BCUT2D eigenvalue weighted by Gasteiger charge is -2.40. The molecule has 2 aromatic rings. The number of benzene rings is 1. The first-order valence-electron chi connectivity index (χ1n) is 8.20. The van der Waals surface area contributed by atoms with Crippen LogP contribution in [0.3, 0.4) is 0 Å². The molecule has 1 aliphatic heterocycles. The lowest BCUT2D eigenvalue weighted by molar-refractivity contribution is 0.107. The minimum Gasteiger partial charge on any atom is -0.328 e. The first-order valence-corrected chi connectivity index (χ1v) is 8.20. The van der Waals surface area contributed by atoms with Crippen LogP contribution < -0.4 is 5.32 Å². The number of aromatic nitrogens is 3. The summed E-state index contributed by atoms with van der Waals surface area (Å²) in [5, 5.41) is 11.0. The minimum absolute atomic E-state index is 0.0525. The number of nitrogens with one attached hydrogen (secondary N) is 1. The Morgan fingerprint density at radius 2 is 2.00 bits per heavy atom. The van der Waals surface area contributed by atoms with Crippen molar-refractivity contribution in [1.82, 2.24) is 29.9 Å². The van der Waals surface area contributed by atoms with Crippen LogP contribution in [0.15, 0.2) is 36.7 Å². The average molecular weight is 328 g/mol. The Labute approximate surface area is 142 Å². The Balaban J connectivity index is 1.75. The highest BCUT2D eigenvalue weighted by Gasteiger charge is 2.31. The van der Waals surface area contributed by atoms with Gasteiger partial charge in [0.1, 0.15) is 6.33 Å². The summed E-state index contributed by atoms with van der Waals surface area (Å²) in [4.78, 5) is 17.0. The van der Waals surface area contributed by atoms with Gasteiger partial charge in [0, 0.05) is 26.7 Å². The number of hydrogen-bond acceptors (Lipinski definition) is 4. The van der Waals surface area contributed by atoms with E-state index in [4.69, 9.17) is 0 Å². The molecule has 7 heteroatoms. The normalized spacial score (nSPS) is 20.0. The molecule has 24 heavy (non-hydrogen) atoms. The molecule has 1 N–H and O–H groups in total. The largest absolute Gasteiger partial charge is 0.328 e. The van der Waals surface area contributed by atoms with Crippen molar-refractivity contribution in [3.8, 4) is 0 Å². The third kappa shape index (κ3) is 3.41. The van der Waals surface area contributed by atoms with E-state index < -0.39 is 0 Å². The predicted molar refractivity (Wildman–Crippen MR) is 91.3 cm³/mol. The van der Waals surface area contributed by atoms with Crippen LogP contribution in [0.2, 0.25) is 0 Å². The first-order chi connectivity index (χ1) is 11.6. The average Bonchev–Trinajstić information content (AvgIpc) is 3.01. The third-order valence-electron chi connectivity index (χ3n) is 4.50. The van der Waals surface area contributed by atoms with Crippen molar-refractivity contribution in [3.63, 3.8) is 0 Å². The fourth-order valence-electron chi connectivity index (χ4n) is 3.14. The van der Waals surface area contributed by atoms with Crippen molar-refractivity contribution in [2.24, 2.45) is 7.05 Å². The number of hydrogen-bond donors (Lipinski definition) is 1. The second-order valence-electron chi connectivity index (χ2n) is 6.35. The fraction of sp³-hybridized carbons (Fsp3) is 0.471. The number of aryl methyl sites for hydroxylation is 1. The van der Waals surface area contributed by atoms with Crippen molar-refractivity contribution in [3.05, 3.63) is 48.0 Å². The molecule has 7 nitrogen and oxygen atoms in total. The van der Waals surface area contributed by atoms with Crippen LogP contribution in [-0.4, -0.2) is 57.3 Å². The summed E-state index contributed by atoms with van der Waals surface area (Å²) in [6.45, 7) is 4.33. The molecule has 2 heterocycles. The monoisotopic (exact) mass is 328 g/mol. The van der Waals surface area contributed by atoms with Crippen molar-refractivity contribution in [2.75, 3.05) is 26.7 Å². The van der Waals surface area contributed by atoms with E-state index in [2.05, 4.69) is 39.6 Å². The van der Waals surface area contributed by atoms with Crippen molar-refractivity contribution < 1.29 is 4.79 Å². The van der Waals surface area contributed by atoms with Gasteiger partial charge in [0.25, 0.3) is 0 Å². The quantitative estimate of drug-likeness (QED) is 0.929. The van der Waals surface area contributed by atoms with Crippen molar-refractivity contribution in [2.45, 2.75) is 19.0 Å². The van der Waals surface area contributed by atoms with Gasteiger partial charge in [-0.15, -0.1) is 10.2 Å². The summed E-state index contributed by atoms with van der Waals surface area (Å²) in [6, 6.07) is 9.98. The first kappa shape index (κ1) is 16.4. The van der Waals surface area contributed by atoms with E-state index in [1.165, 1.54) is 0 Å². The molecule has 3 rings (SSSR count). The van der Waals surface area contributed by atoms with E-state index in [1.54, 1.807) is 6.33 Å². The molecule has 2 atom stereocenters. The van der Waals surface area contributed by atoms with Gasteiger partial charge in [-0.3, -0.25) is 0 Å². The summed E-state index contributed by atoms with van der Waals surface area (Å²) in [5.41, 5.74) is 1.16. The molecular weight excluding hydrogens is 304 g/mol. The molecule has 0 saturated carbocycles. The van der Waals surface area contributed by atoms with E-state index in [0.29, 0.717) is 6.54 Å². The Morgan fingerprint density at radius 1 is 1.25 bits per heavy atom. The highest BCUT2D eigenvalue weighted by atomic mass is 16.2. The molecule has 0 aliphatic carbocycles. The zero-order chi connectivity index (χ0) is 17.1. The maximum absolute atomic E-state index is 12.8. The maximum atomic E-state index is 12.8. The van der Waals surface area contributed by atoms with Crippen LogP contribution in [-0.2, 0) is 7.05 Å². The zero-order valence-corrected chi connectivity index (χ0v) is 14.4. The van der Waals surface area contributed by atoms with Gasteiger partial charge in [0.15, 0.2) is 5.82 Å². The molecule has 1 aliphatic rings. The Hall–Kier alpha value is -2.41. The predicted octanol–water partition coefficient (Wildman–Crippen LogP) is 1.57. The van der Waals surface area contributed by atoms with Gasteiger partial charge in [0.05, 0.1) is 12.1 Å². The molecule has 1 aromatic carbocycles. The maximum Gasteiger partial charge on any atom is 0.318 e. The summed E-state index contributed by atoms with van der Waals surface area (Å²) >= 11 is 0. The number of rotatable bonds is 3. The second-order valence-corrected chi connectivity index (χ2v) is 6.35. The number of amides is 2.